The number of hydrogen-bond donors (Lipinski definition) is 2. The molecule has 0 bridgehead atoms. The van der Waals surface area contributed by atoms with Gasteiger partial charge in [-0.15, -0.1) is 0 Å². The van der Waals surface area contributed by atoms with Gasteiger partial charge in [-0.3, -0.25) is 4.79 Å². The molecule has 0 spiro atoms. The van der Waals surface area contributed by atoms with Gasteiger partial charge >= 0.3 is 0 Å². The molecule has 4 nitrogen and oxygen atoms in total. The van der Waals surface area contributed by atoms with Crippen LogP contribution in [-0.4, -0.2) is 26.9 Å². The predicted molar refractivity (Wildman–Crippen MR) is 72.7 cm³/mol. The van der Waals surface area contributed by atoms with Crippen LogP contribution in [0.3, 0.4) is 0 Å². The summed E-state index contributed by atoms with van der Waals surface area (Å²) in [4.78, 5) is 12.4. The van der Waals surface area contributed by atoms with E-state index in [1.54, 1.807) is 23.7 Å². The summed E-state index contributed by atoms with van der Waals surface area (Å²) in [6.07, 6.45) is 5.42. The second-order valence-corrected chi connectivity index (χ2v) is 4.97. The van der Waals surface area contributed by atoms with E-state index in [1.165, 1.54) is 5.57 Å². The molecule has 2 rings (SSSR count). The van der Waals surface area contributed by atoms with Crippen LogP contribution in [-0.2, 0) is 13.5 Å². The minimum absolute atomic E-state index is 0.0705. The van der Waals surface area contributed by atoms with Gasteiger partial charge in [0.25, 0.3) is 0 Å². The predicted octanol–water partition coefficient (Wildman–Crippen LogP) is 1.58. The number of allylic oxidation sites excluding steroid dienone is 4. The van der Waals surface area contributed by atoms with Crippen molar-refractivity contribution >= 4 is 5.78 Å². The fraction of sp³-hybridized carbons (Fsp3) is 0.400. The number of nitrogens with zero attached hydrogens (tertiary/aromatic N) is 1. The van der Waals surface area contributed by atoms with Crippen molar-refractivity contribution in [2.24, 2.45) is 13.0 Å². The summed E-state index contributed by atoms with van der Waals surface area (Å²) in [5, 5.41) is 18.0. The smallest absolute Gasteiger partial charge is 0.186 e. The third-order valence-electron chi connectivity index (χ3n) is 3.49. The van der Waals surface area contributed by atoms with E-state index in [9.17, 15) is 4.79 Å². The molecule has 1 heterocycles. The van der Waals surface area contributed by atoms with Crippen molar-refractivity contribution in [3.05, 3.63) is 47.3 Å². The third-order valence-corrected chi connectivity index (χ3v) is 3.49. The van der Waals surface area contributed by atoms with Crippen LogP contribution in [0.5, 0.6) is 0 Å². The van der Waals surface area contributed by atoms with E-state index in [4.69, 9.17) is 10.2 Å². The minimum atomic E-state index is -1.39. The highest BCUT2D eigenvalue weighted by atomic mass is 16.5. The van der Waals surface area contributed by atoms with Crippen molar-refractivity contribution in [1.82, 2.24) is 4.57 Å². The molecule has 0 aliphatic heterocycles. The summed E-state index contributed by atoms with van der Waals surface area (Å²) < 4.78 is 1.74. The van der Waals surface area contributed by atoms with E-state index in [0.717, 1.165) is 12.1 Å². The van der Waals surface area contributed by atoms with E-state index in [1.807, 2.05) is 19.1 Å². The molecule has 1 unspecified atom stereocenters. The first-order valence-electron chi connectivity index (χ1n) is 6.39. The molecule has 0 fully saturated rings. The van der Waals surface area contributed by atoms with Crippen LogP contribution in [0.2, 0.25) is 0 Å². The molecule has 1 aromatic heterocycles. The summed E-state index contributed by atoms with van der Waals surface area (Å²) in [6, 6.07) is 3.51. The SMILES string of the molecule is CC1=CCC(C(=O)c2ccc(CC(O)O)n2C)C=C1. The Labute approximate surface area is 112 Å². The number of aliphatic hydroxyl groups excluding tert-OH is 1. The molecule has 1 aliphatic rings. The Morgan fingerprint density at radius 3 is 2.79 bits per heavy atom. The minimum Gasteiger partial charge on any atom is -0.368 e. The van der Waals surface area contributed by atoms with Crippen molar-refractivity contribution in [2.45, 2.75) is 26.1 Å². The summed E-state index contributed by atoms with van der Waals surface area (Å²) >= 11 is 0. The zero-order chi connectivity index (χ0) is 14.0. The van der Waals surface area contributed by atoms with Crippen LogP contribution in [0.4, 0.5) is 0 Å². The normalized spacial score (nSPS) is 18.8. The van der Waals surface area contributed by atoms with Gasteiger partial charge < -0.3 is 14.8 Å². The van der Waals surface area contributed by atoms with Gasteiger partial charge in [-0.05, 0) is 25.5 Å². The fourth-order valence-corrected chi connectivity index (χ4v) is 2.30. The number of rotatable bonds is 4. The number of aliphatic hydroxyl groups is 2. The van der Waals surface area contributed by atoms with E-state index >= 15 is 0 Å². The van der Waals surface area contributed by atoms with E-state index in [0.29, 0.717) is 5.69 Å². The lowest BCUT2D eigenvalue weighted by Crippen LogP contribution is -2.18. The maximum Gasteiger partial charge on any atom is 0.186 e. The molecule has 102 valence electrons. The average molecular weight is 261 g/mol. The molecule has 1 aliphatic carbocycles. The topological polar surface area (TPSA) is 62.5 Å². The molecule has 4 heteroatoms. The summed E-state index contributed by atoms with van der Waals surface area (Å²) in [5.41, 5.74) is 2.53. The van der Waals surface area contributed by atoms with Gasteiger partial charge in [-0.2, -0.15) is 0 Å². The van der Waals surface area contributed by atoms with Gasteiger partial charge in [0, 0.05) is 25.1 Å². The highest BCUT2D eigenvalue weighted by molar-refractivity contribution is 5.98. The first-order chi connectivity index (χ1) is 8.99. The first kappa shape index (κ1) is 13.8. The van der Waals surface area contributed by atoms with Crippen LogP contribution in [0.25, 0.3) is 0 Å². The zero-order valence-electron chi connectivity index (χ0n) is 11.2. The Hall–Kier alpha value is -1.65. The van der Waals surface area contributed by atoms with Gasteiger partial charge in [0.05, 0.1) is 5.69 Å². The molecule has 0 aromatic carbocycles. The highest BCUT2D eigenvalue weighted by Gasteiger charge is 2.21. The monoisotopic (exact) mass is 261 g/mol. The van der Waals surface area contributed by atoms with Gasteiger partial charge in [0.1, 0.15) is 0 Å². The molecular formula is C15H19NO3. The first-order valence-corrected chi connectivity index (χ1v) is 6.39. The van der Waals surface area contributed by atoms with Crippen LogP contribution < -0.4 is 0 Å². The van der Waals surface area contributed by atoms with Crippen LogP contribution in [0, 0.1) is 5.92 Å². The third kappa shape index (κ3) is 3.03. The molecule has 19 heavy (non-hydrogen) atoms. The Morgan fingerprint density at radius 1 is 1.47 bits per heavy atom. The Bertz CT molecular complexity index is 538. The summed E-state index contributed by atoms with van der Waals surface area (Å²) in [7, 11) is 1.78. The van der Waals surface area contributed by atoms with Crippen molar-refractivity contribution in [3.8, 4) is 0 Å². The molecule has 0 saturated heterocycles. The number of carbonyl (C=O) groups is 1. The lowest BCUT2D eigenvalue weighted by Gasteiger charge is -2.15. The maximum atomic E-state index is 12.4. The average Bonchev–Trinajstić information content (AvgIpc) is 2.70. The van der Waals surface area contributed by atoms with Crippen molar-refractivity contribution < 1.29 is 15.0 Å². The van der Waals surface area contributed by atoms with E-state index in [2.05, 4.69) is 6.08 Å². The molecular weight excluding hydrogens is 242 g/mol. The molecule has 0 saturated carbocycles. The van der Waals surface area contributed by atoms with Gasteiger partial charge in [0.2, 0.25) is 0 Å². The van der Waals surface area contributed by atoms with Gasteiger partial charge in [-0.25, -0.2) is 0 Å². The molecule has 0 radical (unpaired) electrons. The number of carbonyl (C=O) groups excluding carboxylic acids is 1. The molecule has 1 atom stereocenters. The lowest BCUT2D eigenvalue weighted by atomic mass is 9.92. The number of aromatic nitrogens is 1. The maximum absolute atomic E-state index is 12.4. The van der Waals surface area contributed by atoms with Crippen molar-refractivity contribution in [2.75, 3.05) is 0 Å². The standard InChI is InChI=1S/C15H19NO3/c1-10-3-5-11(6-4-10)15(19)13-8-7-12(16(13)2)9-14(17)18/h3-5,7-8,11,14,17-18H,6,9H2,1-2H3. The Kier molecular flexibility index (Phi) is 4.02. The zero-order valence-corrected chi connectivity index (χ0v) is 11.2. The van der Waals surface area contributed by atoms with Crippen LogP contribution >= 0.6 is 0 Å². The van der Waals surface area contributed by atoms with Gasteiger partial charge in [0.15, 0.2) is 12.1 Å². The van der Waals surface area contributed by atoms with Crippen LogP contribution in [0.15, 0.2) is 35.9 Å². The van der Waals surface area contributed by atoms with Gasteiger partial charge in [-0.1, -0.05) is 23.8 Å². The molecule has 0 amide bonds. The highest BCUT2D eigenvalue weighted by Crippen LogP contribution is 2.21. The molecule has 2 N–H and O–H groups in total. The number of hydrogen-bond acceptors (Lipinski definition) is 3. The second-order valence-electron chi connectivity index (χ2n) is 4.97. The summed E-state index contributed by atoms with van der Waals surface area (Å²) in [5.74, 6) is -0.0506. The molecule has 1 aromatic rings. The Morgan fingerprint density at radius 2 is 2.21 bits per heavy atom. The van der Waals surface area contributed by atoms with Crippen molar-refractivity contribution in [3.63, 3.8) is 0 Å². The number of Topliss-reactive ketones (excluding diaryl/α,β-unsaturated/α-hetero) is 1. The quantitative estimate of drug-likeness (QED) is 0.639. The van der Waals surface area contributed by atoms with E-state index < -0.39 is 6.29 Å². The van der Waals surface area contributed by atoms with Crippen molar-refractivity contribution in [1.29, 1.82) is 0 Å². The Balaban J connectivity index is 2.16. The van der Waals surface area contributed by atoms with Crippen LogP contribution in [0.1, 0.15) is 29.5 Å². The largest absolute Gasteiger partial charge is 0.368 e. The fourth-order valence-electron chi connectivity index (χ4n) is 2.30. The second kappa shape index (κ2) is 5.55. The number of ketones is 1. The summed E-state index contributed by atoms with van der Waals surface area (Å²) in [6.45, 7) is 2.01. The lowest BCUT2D eigenvalue weighted by molar-refractivity contribution is -0.0392. The van der Waals surface area contributed by atoms with E-state index in [-0.39, 0.29) is 18.1 Å².